The molecule has 4 heteroatoms. The normalized spacial score (nSPS) is 18.5. The summed E-state index contributed by atoms with van der Waals surface area (Å²) in [6.45, 7) is 0. The standard InChI is InChI=1S/C10H11NO3/c1-14-7-3-2-6-4-9(10(12)13)11-8(6)5-7/h2-3,5,9,11H,4H2,1H3,(H,12,13)/t9-/m1/s1. The van der Waals surface area contributed by atoms with Gasteiger partial charge in [0.15, 0.2) is 0 Å². The van der Waals surface area contributed by atoms with Gasteiger partial charge in [0.25, 0.3) is 0 Å². The number of anilines is 1. The molecule has 0 unspecified atom stereocenters. The third-order valence-electron chi connectivity index (χ3n) is 2.37. The first-order valence-electron chi connectivity index (χ1n) is 4.37. The number of carboxylic acid groups (broad SMARTS) is 1. The second-order valence-corrected chi connectivity index (χ2v) is 3.26. The molecule has 2 N–H and O–H groups in total. The molecule has 74 valence electrons. The lowest BCUT2D eigenvalue weighted by Gasteiger charge is -2.04. The molecular weight excluding hydrogens is 182 g/mol. The highest BCUT2D eigenvalue weighted by atomic mass is 16.5. The molecule has 1 heterocycles. The summed E-state index contributed by atoms with van der Waals surface area (Å²) < 4.78 is 5.05. The van der Waals surface area contributed by atoms with Crippen molar-refractivity contribution < 1.29 is 14.6 Å². The third kappa shape index (κ3) is 1.39. The number of hydrogen-bond donors (Lipinski definition) is 2. The van der Waals surface area contributed by atoms with Gasteiger partial charge in [-0.1, -0.05) is 6.07 Å². The quantitative estimate of drug-likeness (QED) is 0.738. The lowest BCUT2D eigenvalue weighted by molar-refractivity contribution is -0.137. The van der Waals surface area contributed by atoms with Crippen molar-refractivity contribution in [3.05, 3.63) is 23.8 Å². The molecule has 0 aliphatic carbocycles. The van der Waals surface area contributed by atoms with Crippen LogP contribution >= 0.6 is 0 Å². The summed E-state index contributed by atoms with van der Waals surface area (Å²) in [6.07, 6.45) is 0.536. The second-order valence-electron chi connectivity index (χ2n) is 3.26. The number of aliphatic carboxylic acids is 1. The molecule has 0 aromatic heterocycles. The van der Waals surface area contributed by atoms with Crippen molar-refractivity contribution in [2.24, 2.45) is 0 Å². The molecule has 4 nitrogen and oxygen atoms in total. The van der Waals surface area contributed by atoms with Crippen molar-refractivity contribution in [1.29, 1.82) is 0 Å². The van der Waals surface area contributed by atoms with Crippen LogP contribution in [0.3, 0.4) is 0 Å². The summed E-state index contributed by atoms with van der Waals surface area (Å²) in [6, 6.07) is 5.05. The maximum absolute atomic E-state index is 10.7. The lowest BCUT2D eigenvalue weighted by Crippen LogP contribution is -2.26. The number of hydrogen-bond acceptors (Lipinski definition) is 3. The van der Waals surface area contributed by atoms with Crippen molar-refractivity contribution in [2.45, 2.75) is 12.5 Å². The molecule has 14 heavy (non-hydrogen) atoms. The number of ether oxygens (including phenoxy) is 1. The first-order chi connectivity index (χ1) is 6.70. The van der Waals surface area contributed by atoms with Crippen LogP contribution in [0.1, 0.15) is 5.56 Å². The fourth-order valence-corrected chi connectivity index (χ4v) is 1.60. The van der Waals surface area contributed by atoms with E-state index in [0.29, 0.717) is 6.42 Å². The van der Waals surface area contributed by atoms with Gasteiger partial charge in [0.2, 0.25) is 0 Å². The van der Waals surface area contributed by atoms with E-state index < -0.39 is 12.0 Å². The van der Waals surface area contributed by atoms with Gasteiger partial charge < -0.3 is 15.2 Å². The van der Waals surface area contributed by atoms with E-state index in [0.717, 1.165) is 17.0 Å². The summed E-state index contributed by atoms with van der Waals surface area (Å²) in [5.41, 5.74) is 1.88. The minimum Gasteiger partial charge on any atom is -0.497 e. The van der Waals surface area contributed by atoms with Gasteiger partial charge >= 0.3 is 5.97 Å². The summed E-state index contributed by atoms with van der Waals surface area (Å²) in [5, 5.41) is 11.7. The Morgan fingerprint density at radius 3 is 3.07 bits per heavy atom. The Kier molecular flexibility index (Phi) is 2.04. The van der Waals surface area contributed by atoms with E-state index in [1.165, 1.54) is 0 Å². The van der Waals surface area contributed by atoms with E-state index in [1.54, 1.807) is 7.11 Å². The minimum atomic E-state index is -0.819. The largest absolute Gasteiger partial charge is 0.497 e. The first-order valence-corrected chi connectivity index (χ1v) is 4.37. The van der Waals surface area contributed by atoms with Gasteiger partial charge in [0.1, 0.15) is 11.8 Å². The molecule has 0 spiro atoms. The highest BCUT2D eigenvalue weighted by molar-refractivity contribution is 5.81. The van der Waals surface area contributed by atoms with E-state index in [1.807, 2.05) is 18.2 Å². The molecule has 0 bridgehead atoms. The molecule has 1 atom stereocenters. The van der Waals surface area contributed by atoms with Crippen molar-refractivity contribution in [3.8, 4) is 5.75 Å². The number of carbonyl (C=O) groups is 1. The van der Waals surface area contributed by atoms with Gasteiger partial charge in [-0.15, -0.1) is 0 Å². The van der Waals surface area contributed by atoms with Crippen LogP contribution in [0.25, 0.3) is 0 Å². The molecule has 0 radical (unpaired) electrons. The Balaban J connectivity index is 2.27. The molecular formula is C10H11NO3. The molecule has 1 aromatic rings. The van der Waals surface area contributed by atoms with Crippen molar-refractivity contribution in [3.63, 3.8) is 0 Å². The van der Waals surface area contributed by atoms with Crippen LogP contribution in [0.5, 0.6) is 5.75 Å². The molecule has 2 rings (SSSR count). The summed E-state index contributed by atoms with van der Waals surface area (Å²) in [5.74, 6) is -0.0811. The Morgan fingerprint density at radius 1 is 1.64 bits per heavy atom. The monoisotopic (exact) mass is 193 g/mol. The number of methoxy groups -OCH3 is 1. The van der Waals surface area contributed by atoms with Crippen LogP contribution in [-0.2, 0) is 11.2 Å². The molecule has 0 amide bonds. The molecule has 1 aliphatic rings. The van der Waals surface area contributed by atoms with Crippen molar-refractivity contribution in [2.75, 3.05) is 12.4 Å². The Hall–Kier alpha value is -1.71. The van der Waals surface area contributed by atoms with Gasteiger partial charge in [-0.3, -0.25) is 0 Å². The Labute approximate surface area is 81.5 Å². The molecule has 1 aliphatic heterocycles. The van der Waals surface area contributed by atoms with Gasteiger partial charge in [-0.2, -0.15) is 0 Å². The van der Waals surface area contributed by atoms with Crippen LogP contribution in [0.15, 0.2) is 18.2 Å². The van der Waals surface area contributed by atoms with Crippen LogP contribution in [0.2, 0.25) is 0 Å². The first kappa shape index (κ1) is 8.87. The van der Waals surface area contributed by atoms with Crippen LogP contribution in [0, 0.1) is 0 Å². The van der Waals surface area contributed by atoms with E-state index in [9.17, 15) is 4.79 Å². The van der Waals surface area contributed by atoms with Crippen molar-refractivity contribution >= 4 is 11.7 Å². The fraction of sp³-hybridized carbons (Fsp3) is 0.300. The summed E-state index contributed by atoms with van der Waals surface area (Å²) >= 11 is 0. The SMILES string of the molecule is COc1ccc2c(c1)N[C@@H](C(=O)O)C2. The van der Waals surface area contributed by atoms with Gasteiger partial charge in [-0.25, -0.2) is 4.79 Å². The van der Waals surface area contributed by atoms with Crippen LogP contribution < -0.4 is 10.1 Å². The van der Waals surface area contributed by atoms with E-state index in [2.05, 4.69) is 5.32 Å². The van der Waals surface area contributed by atoms with Crippen LogP contribution in [0.4, 0.5) is 5.69 Å². The van der Waals surface area contributed by atoms with E-state index in [-0.39, 0.29) is 0 Å². The average Bonchev–Trinajstić information content (AvgIpc) is 2.59. The number of carboxylic acids is 1. The Bertz CT molecular complexity index is 376. The summed E-state index contributed by atoms with van der Waals surface area (Å²) in [4.78, 5) is 10.7. The smallest absolute Gasteiger partial charge is 0.326 e. The second kappa shape index (κ2) is 3.21. The molecule has 1 aromatic carbocycles. The highest BCUT2D eigenvalue weighted by Gasteiger charge is 2.26. The zero-order valence-electron chi connectivity index (χ0n) is 7.78. The predicted molar refractivity (Wildman–Crippen MR) is 51.7 cm³/mol. The van der Waals surface area contributed by atoms with Gasteiger partial charge in [-0.05, 0) is 11.6 Å². The van der Waals surface area contributed by atoms with E-state index in [4.69, 9.17) is 9.84 Å². The Morgan fingerprint density at radius 2 is 2.43 bits per heavy atom. The topological polar surface area (TPSA) is 58.6 Å². The molecule has 0 fully saturated rings. The van der Waals surface area contributed by atoms with Crippen LogP contribution in [-0.4, -0.2) is 24.2 Å². The van der Waals surface area contributed by atoms with Gasteiger partial charge in [0.05, 0.1) is 7.11 Å². The zero-order chi connectivity index (χ0) is 10.1. The maximum Gasteiger partial charge on any atom is 0.326 e. The highest BCUT2D eigenvalue weighted by Crippen LogP contribution is 2.29. The summed E-state index contributed by atoms with van der Waals surface area (Å²) in [7, 11) is 1.59. The fourth-order valence-electron chi connectivity index (χ4n) is 1.60. The maximum atomic E-state index is 10.7. The van der Waals surface area contributed by atoms with Gasteiger partial charge in [0, 0.05) is 18.2 Å². The minimum absolute atomic E-state index is 0.503. The predicted octanol–water partition coefficient (Wildman–Crippen LogP) is 1.12. The average molecular weight is 193 g/mol. The molecule has 0 saturated carbocycles. The van der Waals surface area contributed by atoms with E-state index >= 15 is 0 Å². The number of benzene rings is 1. The zero-order valence-corrected chi connectivity index (χ0v) is 7.78. The third-order valence-corrected chi connectivity index (χ3v) is 2.37. The number of fused-ring (bicyclic) bond motifs is 1. The molecule has 0 saturated heterocycles. The number of nitrogens with one attached hydrogen (secondary N) is 1. The lowest BCUT2D eigenvalue weighted by atomic mass is 10.1. The number of rotatable bonds is 2. The van der Waals surface area contributed by atoms with Crippen molar-refractivity contribution in [1.82, 2.24) is 0 Å².